The van der Waals surface area contributed by atoms with E-state index in [1.807, 2.05) is 19.1 Å². The summed E-state index contributed by atoms with van der Waals surface area (Å²) >= 11 is 0. The van der Waals surface area contributed by atoms with E-state index in [1.165, 1.54) is 15.7 Å². The topological polar surface area (TPSA) is 140 Å². The van der Waals surface area contributed by atoms with Crippen LogP contribution >= 0.6 is 0 Å². The van der Waals surface area contributed by atoms with E-state index in [9.17, 15) is 14.4 Å². The van der Waals surface area contributed by atoms with Crippen LogP contribution in [0.4, 0.5) is 11.5 Å². The lowest BCUT2D eigenvalue weighted by atomic mass is 10.1. The molecule has 0 aliphatic rings. The Morgan fingerprint density at radius 1 is 1.22 bits per heavy atom. The lowest BCUT2D eigenvalue weighted by molar-refractivity contribution is -0.118. The Hall–Kier alpha value is -4.08. The average molecular weight is 437 g/mol. The number of unbranched alkanes of at least 4 members (excludes halogenated alkanes) is 1. The maximum atomic E-state index is 13.4. The molecule has 0 fully saturated rings. The highest BCUT2D eigenvalue weighted by Gasteiger charge is 2.26. The quantitative estimate of drug-likeness (QED) is 0.431. The number of carbonyl (C=O) groups excluding carboxylic acids is 1. The fraction of sp³-hybridized carbons (Fsp3) is 0.273. The molecular formula is C22H23N5O5. The predicted octanol–water partition coefficient (Wildman–Crippen LogP) is 2.43. The standard InChI is InChI=1S/C22H23N5O5/c1-2-3-10-26-20(23)19(21(29)24-22(26)30)27(13-14-7-6-11-31-14)18(28)12-16-15-8-4-5-9-17(15)32-25-16/h4-9,11H,2-3,10,12-13,23H2,1H3,(H,24,29,30). The third-order valence-electron chi connectivity index (χ3n) is 5.19. The van der Waals surface area contributed by atoms with Crippen molar-refractivity contribution < 1.29 is 13.7 Å². The Morgan fingerprint density at radius 2 is 2.03 bits per heavy atom. The number of hydrogen-bond acceptors (Lipinski definition) is 7. The van der Waals surface area contributed by atoms with Gasteiger partial charge in [0.05, 0.1) is 19.2 Å². The number of carbonyl (C=O) groups is 1. The van der Waals surface area contributed by atoms with Crippen LogP contribution in [0.3, 0.4) is 0 Å². The van der Waals surface area contributed by atoms with Crippen molar-refractivity contribution in [3.8, 4) is 0 Å². The van der Waals surface area contributed by atoms with Crippen LogP contribution in [0.2, 0.25) is 0 Å². The number of hydrogen-bond donors (Lipinski definition) is 2. The van der Waals surface area contributed by atoms with Crippen molar-refractivity contribution in [1.29, 1.82) is 0 Å². The number of H-pyrrole nitrogens is 1. The van der Waals surface area contributed by atoms with Gasteiger partial charge >= 0.3 is 5.69 Å². The van der Waals surface area contributed by atoms with Gasteiger partial charge in [0.2, 0.25) is 5.91 Å². The molecule has 166 valence electrons. The number of para-hydroxylation sites is 1. The number of anilines is 2. The van der Waals surface area contributed by atoms with Crippen LogP contribution in [-0.4, -0.2) is 20.6 Å². The van der Waals surface area contributed by atoms with Gasteiger partial charge in [0.1, 0.15) is 17.3 Å². The van der Waals surface area contributed by atoms with Gasteiger partial charge < -0.3 is 14.7 Å². The molecule has 3 heterocycles. The zero-order valence-electron chi connectivity index (χ0n) is 17.5. The Bertz CT molecular complexity index is 1350. The minimum atomic E-state index is -0.745. The first-order valence-corrected chi connectivity index (χ1v) is 10.3. The van der Waals surface area contributed by atoms with E-state index in [2.05, 4.69) is 10.1 Å². The number of furan rings is 1. The number of rotatable bonds is 8. The molecule has 0 saturated heterocycles. The molecule has 10 nitrogen and oxygen atoms in total. The zero-order valence-corrected chi connectivity index (χ0v) is 17.5. The number of amides is 1. The van der Waals surface area contributed by atoms with E-state index in [0.717, 1.165) is 6.42 Å². The Labute approximate surface area is 182 Å². The second kappa shape index (κ2) is 8.96. The normalized spacial score (nSPS) is 11.2. The molecule has 0 unspecified atom stereocenters. The summed E-state index contributed by atoms with van der Waals surface area (Å²) in [5.41, 5.74) is 5.77. The Kier molecular flexibility index (Phi) is 5.93. The van der Waals surface area contributed by atoms with Gasteiger partial charge in [-0.05, 0) is 30.7 Å². The first-order chi connectivity index (χ1) is 15.5. The zero-order chi connectivity index (χ0) is 22.7. The largest absolute Gasteiger partial charge is 0.467 e. The maximum absolute atomic E-state index is 13.4. The summed E-state index contributed by atoms with van der Waals surface area (Å²) in [6, 6.07) is 10.5. The molecule has 1 aromatic carbocycles. The fourth-order valence-corrected chi connectivity index (χ4v) is 3.53. The van der Waals surface area contributed by atoms with E-state index in [4.69, 9.17) is 14.7 Å². The third kappa shape index (κ3) is 4.07. The minimum Gasteiger partial charge on any atom is -0.467 e. The monoisotopic (exact) mass is 437 g/mol. The number of nitrogens with two attached hydrogens (primary N) is 1. The molecule has 10 heteroatoms. The number of fused-ring (bicyclic) bond motifs is 1. The number of aromatic amines is 1. The molecule has 0 bridgehead atoms. The maximum Gasteiger partial charge on any atom is 0.330 e. The lowest BCUT2D eigenvalue weighted by Crippen LogP contribution is -2.41. The van der Waals surface area contributed by atoms with Gasteiger partial charge in [-0.2, -0.15) is 0 Å². The van der Waals surface area contributed by atoms with Gasteiger partial charge in [-0.3, -0.25) is 24.0 Å². The van der Waals surface area contributed by atoms with Crippen LogP contribution in [0, 0.1) is 0 Å². The van der Waals surface area contributed by atoms with Crippen molar-refractivity contribution in [3.63, 3.8) is 0 Å². The van der Waals surface area contributed by atoms with Gasteiger partial charge in [-0.1, -0.05) is 30.6 Å². The van der Waals surface area contributed by atoms with Gasteiger partial charge in [0.25, 0.3) is 5.56 Å². The molecule has 0 saturated carbocycles. The fourth-order valence-electron chi connectivity index (χ4n) is 3.53. The predicted molar refractivity (Wildman–Crippen MR) is 118 cm³/mol. The van der Waals surface area contributed by atoms with Gasteiger partial charge in [0, 0.05) is 11.9 Å². The molecule has 3 aromatic heterocycles. The van der Waals surface area contributed by atoms with E-state index >= 15 is 0 Å². The molecule has 3 N–H and O–H groups in total. The first-order valence-electron chi connectivity index (χ1n) is 10.3. The molecule has 0 aliphatic carbocycles. The molecule has 32 heavy (non-hydrogen) atoms. The number of nitrogens with one attached hydrogen (secondary N) is 1. The highest BCUT2D eigenvalue weighted by atomic mass is 16.5. The van der Waals surface area contributed by atoms with Crippen molar-refractivity contribution in [1.82, 2.24) is 14.7 Å². The Morgan fingerprint density at radius 3 is 2.78 bits per heavy atom. The van der Waals surface area contributed by atoms with Crippen LogP contribution in [0.5, 0.6) is 0 Å². The van der Waals surface area contributed by atoms with E-state index in [-0.39, 0.29) is 24.5 Å². The van der Waals surface area contributed by atoms with Gasteiger partial charge in [-0.15, -0.1) is 0 Å². The van der Waals surface area contributed by atoms with Crippen LogP contribution < -0.4 is 21.9 Å². The van der Waals surface area contributed by atoms with E-state index < -0.39 is 17.2 Å². The molecule has 0 radical (unpaired) electrons. The van der Waals surface area contributed by atoms with Crippen LogP contribution in [0.15, 0.2) is 61.2 Å². The van der Waals surface area contributed by atoms with Crippen molar-refractivity contribution in [2.45, 2.75) is 39.3 Å². The minimum absolute atomic E-state index is 0.0408. The van der Waals surface area contributed by atoms with Crippen LogP contribution in [-0.2, 0) is 24.3 Å². The second-order valence-corrected chi connectivity index (χ2v) is 7.36. The average Bonchev–Trinajstić information content (AvgIpc) is 3.43. The van der Waals surface area contributed by atoms with E-state index in [0.29, 0.717) is 35.4 Å². The number of nitrogens with zero attached hydrogens (tertiary/aromatic N) is 3. The Balaban J connectivity index is 1.76. The molecular weight excluding hydrogens is 414 g/mol. The van der Waals surface area contributed by atoms with Crippen molar-refractivity contribution in [2.24, 2.45) is 0 Å². The molecule has 0 spiro atoms. The summed E-state index contributed by atoms with van der Waals surface area (Å²) in [5.74, 6) is -0.0658. The smallest absolute Gasteiger partial charge is 0.330 e. The summed E-state index contributed by atoms with van der Waals surface area (Å²) < 4.78 is 12.0. The molecule has 1 amide bonds. The van der Waals surface area contributed by atoms with Gasteiger partial charge in [0.15, 0.2) is 11.3 Å². The molecule has 4 rings (SSSR count). The summed E-state index contributed by atoms with van der Waals surface area (Å²) in [6.45, 7) is 2.26. The van der Waals surface area contributed by atoms with Crippen molar-refractivity contribution >= 4 is 28.4 Å². The summed E-state index contributed by atoms with van der Waals surface area (Å²) in [5, 5.41) is 4.71. The summed E-state index contributed by atoms with van der Waals surface area (Å²) in [6.07, 6.45) is 2.85. The van der Waals surface area contributed by atoms with E-state index in [1.54, 1.807) is 24.3 Å². The number of benzene rings is 1. The first kappa shape index (κ1) is 21.2. The second-order valence-electron chi connectivity index (χ2n) is 7.36. The lowest BCUT2D eigenvalue weighted by Gasteiger charge is -2.23. The van der Waals surface area contributed by atoms with Gasteiger partial charge in [-0.25, -0.2) is 4.79 Å². The van der Waals surface area contributed by atoms with Crippen molar-refractivity contribution in [2.75, 3.05) is 10.6 Å². The summed E-state index contributed by atoms with van der Waals surface area (Å²) in [7, 11) is 0. The highest BCUT2D eigenvalue weighted by molar-refractivity contribution is 5.98. The number of aromatic nitrogens is 3. The third-order valence-corrected chi connectivity index (χ3v) is 5.19. The van der Waals surface area contributed by atoms with Crippen LogP contribution in [0.25, 0.3) is 11.0 Å². The van der Waals surface area contributed by atoms with Crippen LogP contribution in [0.1, 0.15) is 31.2 Å². The highest BCUT2D eigenvalue weighted by Crippen LogP contribution is 2.23. The molecule has 0 aliphatic heterocycles. The SMILES string of the molecule is CCCCn1c(N)c(N(Cc2ccco2)C(=O)Cc2noc3ccccc23)c(=O)[nH]c1=O. The number of nitrogen functional groups attached to an aromatic ring is 1. The molecule has 0 atom stereocenters. The van der Waals surface area contributed by atoms with Crippen molar-refractivity contribution in [3.05, 3.63) is 75.0 Å². The molecule has 4 aromatic rings. The summed E-state index contributed by atoms with van der Waals surface area (Å²) in [4.78, 5) is 42.0.